The fourth-order valence-electron chi connectivity index (χ4n) is 1.88. The lowest BCUT2D eigenvalue weighted by Crippen LogP contribution is -2.53. The van der Waals surface area contributed by atoms with E-state index in [1.165, 1.54) is 0 Å². The largest absolute Gasteiger partial charge is 0.381 e. The predicted molar refractivity (Wildman–Crippen MR) is 73.1 cm³/mol. The zero-order valence-corrected chi connectivity index (χ0v) is 12.6. The first-order valence-corrected chi connectivity index (χ1v) is 8.14. The normalized spacial score (nSPS) is 22.1. The topological polar surface area (TPSA) is 67.4 Å². The quantitative estimate of drug-likeness (QED) is 0.756. The summed E-state index contributed by atoms with van der Waals surface area (Å²) in [5.74, 6) is 0. The van der Waals surface area contributed by atoms with Crippen molar-refractivity contribution in [3.8, 4) is 0 Å². The molecule has 5 nitrogen and oxygen atoms in total. The van der Waals surface area contributed by atoms with Crippen molar-refractivity contribution in [2.45, 2.75) is 57.4 Å². The van der Waals surface area contributed by atoms with Crippen molar-refractivity contribution in [3.05, 3.63) is 0 Å². The molecule has 108 valence electrons. The summed E-state index contributed by atoms with van der Waals surface area (Å²) < 4.78 is 32.6. The van der Waals surface area contributed by atoms with Gasteiger partial charge in [-0.1, -0.05) is 13.8 Å². The molecule has 0 spiro atoms. The summed E-state index contributed by atoms with van der Waals surface area (Å²) in [4.78, 5) is 0. The highest BCUT2D eigenvalue weighted by Gasteiger charge is 2.34. The Morgan fingerprint density at radius 1 is 1.22 bits per heavy atom. The molecule has 1 rings (SSSR count). The smallest absolute Gasteiger partial charge is 0.215 e. The van der Waals surface area contributed by atoms with Gasteiger partial charge in [0.2, 0.25) is 10.0 Å². The van der Waals surface area contributed by atoms with Gasteiger partial charge in [0.25, 0.3) is 0 Å². The summed E-state index contributed by atoms with van der Waals surface area (Å²) >= 11 is 0. The Balaban J connectivity index is 2.57. The van der Waals surface area contributed by atoms with Crippen LogP contribution in [0.25, 0.3) is 0 Å². The van der Waals surface area contributed by atoms with Gasteiger partial charge >= 0.3 is 0 Å². The molecule has 1 saturated heterocycles. The monoisotopic (exact) mass is 278 g/mol. The van der Waals surface area contributed by atoms with Gasteiger partial charge in [-0.05, 0) is 26.7 Å². The predicted octanol–water partition coefficient (Wildman–Crippen LogP) is 0.861. The van der Waals surface area contributed by atoms with Crippen LogP contribution < -0.4 is 10.0 Å². The Labute approximate surface area is 111 Å². The molecule has 1 aliphatic rings. The zero-order chi connectivity index (χ0) is 13.8. The van der Waals surface area contributed by atoms with Crippen molar-refractivity contribution < 1.29 is 13.2 Å². The average Bonchev–Trinajstić information content (AvgIpc) is 2.25. The average molecular weight is 278 g/mol. The highest BCUT2D eigenvalue weighted by Crippen LogP contribution is 2.21. The van der Waals surface area contributed by atoms with Gasteiger partial charge in [0.15, 0.2) is 0 Å². The first kappa shape index (κ1) is 15.9. The third kappa shape index (κ3) is 4.84. The van der Waals surface area contributed by atoms with Crippen LogP contribution in [0.2, 0.25) is 0 Å². The maximum atomic E-state index is 12.2. The molecule has 1 fully saturated rings. The van der Waals surface area contributed by atoms with Crippen LogP contribution in [0, 0.1) is 0 Å². The van der Waals surface area contributed by atoms with Crippen LogP contribution in [-0.2, 0) is 14.8 Å². The molecule has 0 saturated carbocycles. The van der Waals surface area contributed by atoms with E-state index in [0.717, 1.165) is 12.8 Å². The van der Waals surface area contributed by atoms with Crippen molar-refractivity contribution in [1.29, 1.82) is 0 Å². The van der Waals surface area contributed by atoms with Crippen LogP contribution in [0.4, 0.5) is 0 Å². The number of hydrogen-bond donors (Lipinski definition) is 2. The minimum atomic E-state index is -3.28. The Kier molecular flexibility index (Phi) is 5.58. The molecular weight excluding hydrogens is 252 g/mol. The van der Waals surface area contributed by atoms with Gasteiger partial charge in [-0.2, -0.15) is 0 Å². The second kappa shape index (κ2) is 6.32. The zero-order valence-electron chi connectivity index (χ0n) is 11.8. The number of rotatable bonds is 6. The number of ether oxygens (including phenoxy) is 1. The summed E-state index contributed by atoms with van der Waals surface area (Å²) in [5, 5.41) is 2.73. The first-order chi connectivity index (χ1) is 8.25. The molecule has 0 aromatic heterocycles. The van der Waals surface area contributed by atoms with Crippen molar-refractivity contribution in [2.24, 2.45) is 0 Å². The maximum absolute atomic E-state index is 12.2. The van der Waals surface area contributed by atoms with Gasteiger partial charge < -0.3 is 10.1 Å². The van der Waals surface area contributed by atoms with Crippen molar-refractivity contribution in [3.63, 3.8) is 0 Å². The van der Waals surface area contributed by atoms with Gasteiger partial charge in [-0.25, -0.2) is 13.1 Å². The lowest BCUT2D eigenvalue weighted by molar-refractivity contribution is 0.0537. The Morgan fingerprint density at radius 2 is 1.78 bits per heavy atom. The fourth-order valence-corrected chi connectivity index (χ4v) is 3.29. The van der Waals surface area contributed by atoms with Gasteiger partial charge in [0, 0.05) is 31.3 Å². The van der Waals surface area contributed by atoms with E-state index in [-0.39, 0.29) is 5.54 Å². The molecule has 18 heavy (non-hydrogen) atoms. The van der Waals surface area contributed by atoms with Gasteiger partial charge in [-0.3, -0.25) is 0 Å². The van der Waals surface area contributed by atoms with Gasteiger partial charge in [0.1, 0.15) is 0 Å². The van der Waals surface area contributed by atoms with E-state index in [9.17, 15) is 8.42 Å². The number of nitrogens with one attached hydrogen (secondary N) is 2. The number of hydrogen-bond acceptors (Lipinski definition) is 4. The number of sulfonamides is 1. The summed E-state index contributed by atoms with van der Waals surface area (Å²) in [6, 6.07) is 0.293. The third-order valence-corrected chi connectivity index (χ3v) is 5.33. The minimum absolute atomic E-state index is 0.293. The fraction of sp³-hybridized carbons (Fsp3) is 1.00. The summed E-state index contributed by atoms with van der Waals surface area (Å²) in [6.45, 7) is 9.42. The first-order valence-electron chi connectivity index (χ1n) is 6.59. The van der Waals surface area contributed by atoms with E-state index in [0.29, 0.717) is 25.8 Å². The second-order valence-corrected chi connectivity index (χ2v) is 7.79. The molecule has 6 heteroatoms. The van der Waals surface area contributed by atoms with E-state index >= 15 is 0 Å². The molecule has 0 bridgehead atoms. The highest BCUT2D eigenvalue weighted by molar-refractivity contribution is 7.90. The lowest BCUT2D eigenvalue weighted by atomic mass is 9.94. The standard InChI is InChI=1S/C12H26N2O3S/c1-10(2)13-9-11(3)18(15,16)14-12(4)5-7-17-8-6-12/h10-11,13-14H,5-9H2,1-4H3. The van der Waals surface area contributed by atoms with Crippen molar-refractivity contribution in [2.75, 3.05) is 19.8 Å². The van der Waals surface area contributed by atoms with Gasteiger partial charge in [0.05, 0.1) is 5.25 Å². The van der Waals surface area contributed by atoms with E-state index in [2.05, 4.69) is 10.0 Å². The Morgan fingerprint density at radius 3 is 2.28 bits per heavy atom. The van der Waals surface area contributed by atoms with Crippen molar-refractivity contribution in [1.82, 2.24) is 10.0 Å². The molecule has 0 radical (unpaired) electrons. The summed E-state index contributed by atoms with van der Waals surface area (Å²) in [5.41, 5.74) is -0.358. The van der Waals surface area contributed by atoms with Crippen LogP contribution in [0.15, 0.2) is 0 Å². The van der Waals surface area contributed by atoms with Crippen LogP contribution in [-0.4, -0.2) is 45.0 Å². The summed E-state index contributed by atoms with van der Waals surface area (Å²) in [6.07, 6.45) is 1.47. The molecule has 0 amide bonds. The summed E-state index contributed by atoms with van der Waals surface area (Å²) in [7, 11) is -3.28. The van der Waals surface area contributed by atoms with E-state index in [1.54, 1.807) is 6.92 Å². The molecular formula is C12H26N2O3S. The molecule has 2 N–H and O–H groups in total. The third-order valence-electron chi connectivity index (χ3n) is 3.33. The second-order valence-electron chi connectivity index (χ2n) is 5.69. The Bertz CT molecular complexity index is 348. The SMILES string of the molecule is CC(C)NCC(C)S(=O)(=O)NC1(C)CCOCC1. The van der Waals surface area contributed by atoms with E-state index in [1.807, 2.05) is 20.8 Å². The van der Waals surface area contributed by atoms with Crippen LogP contribution in [0.1, 0.15) is 40.5 Å². The molecule has 0 aliphatic carbocycles. The molecule has 1 aliphatic heterocycles. The highest BCUT2D eigenvalue weighted by atomic mass is 32.2. The van der Waals surface area contributed by atoms with E-state index in [4.69, 9.17) is 4.74 Å². The molecule has 0 aromatic rings. The molecule has 0 aromatic carbocycles. The Hall–Kier alpha value is -0.170. The molecule has 1 atom stereocenters. The van der Waals surface area contributed by atoms with Crippen LogP contribution >= 0.6 is 0 Å². The molecule has 1 unspecified atom stereocenters. The van der Waals surface area contributed by atoms with Crippen molar-refractivity contribution >= 4 is 10.0 Å². The molecule has 1 heterocycles. The van der Waals surface area contributed by atoms with Crippen LogP contribution in [0.5, 0.6) is 0 Å². The lowest BCUT2D eigenvalue weighted by Gasteiger charge is -2.35. The maximum Gasteiger partial charge on any atom is 0.215 e. The van der Waals surface area contributed by atoms with Gasteiger partial charge in [-0.15, -0.1) is 0 Å². The van der Waals surface area contributed by atoms with Crippen LogP contribution in [0.3, 0.4) is 0 Å². The minimum Gasteiger partial charge on any atom is -0.381 e. The van der Waals surface area contributed by atoms with E-state index < -0.39 is 15.3 Å².